The van der Waals surface area contributed by atoms with Gasteiger partial charge in [-0.1, -0.05) is 0 Å². The third-order valence-corrected chi connectivity index (χ3v) is 3.61. The second kappa shape index (κ2) is 5.46. The van der Waals surface area contributed by atoms with Gasteiger partial charge in [0.05, 0.1) is 6.04 Å². The molecule has 2 rings (SSSR count). The number of likely N-dealkylation sites (tertiary alicyclic amines) is 1. The zero-order chi connectivity index (χ0) is 14.9. The Morgan fingerprint density at radius 3 is 2.70 bits per heavy atom. The molecule has 1 saturated heterocycles. The fraction of sp³-hybridized carbons (Fsp3) is 0.462. The molecular weight excluding hydrogens is 262 g/mol. The monoisotopic (exact) mass is 279 g/mol. The molecular formula is C13H17N3O4. The highest BCUT2D eigenvalue weighted by Crippen LogP contribution is 2.16. The predicted molar refractivity (Wildman–Crippen MR) is 72.5 cm³/mol. The van der Waals surface area contributed by atoms with Gasteiger partial charge in [0.1, 0.15) is 5.56 Å². The Morgan fingerprint density at radius 1 is 1.45 bits per heavy atom. The number of carbonyl (C=O) groups is 2. The molecule has 0 spiro atoms. The van der Waals surface area contributed by atoms with Crippen LogP contribution < -0.4 is 10.6 Å². The van der Waals surface area contributed by atoms with Crippen LogP contribution in [0.5, 0.6) is 0 Å². The van der Waals surface area contributed by atoms with Gasteiger partial charge in [0.2, 0.25) is 0 Å². The van der Waals surface area contributed by atoms with Crippen LogP contribution in [0, 0.1) is 0 Å². The number of carboxylic acid groups (broad SMARTS) is 1. The molecule has 0 radical (unpaired) electrons. The topological polar surface area (TPSA) is 82.8 Å². The number of rotatable bonds is 3. The Balaban J connectivity index is 2.32. The van der Waals surface area contributed by atoms with Gasteiger partial charge in [-0.15, -0.1) is 0 Å². The summed E-state index contributed by atoms with van der Waals surface area (Å²) in [4.78, 5) is 37.3. The number of carbonyl (C=O) groups excluding carboxylic acids is 1. The number of hydrogen-bond donors (Lipinski definition) is 1. The number of aromatic carboxylic acids is 1. The van der Waals surface area contributed by atoms with Gasteiger partial charge in [-0.05, 0) is 38.6 Å². The van der Waals surface area contributed by atoms with Crippen molar-refractivity contribution in [1.82, 2.24) is 9.58 Å². The van der Waals surface area contributed by atoms with E-state index in [1.807, 2.05) is 11.9 Å². The number of amides is 1. The zero-order valence-electron chi connectivity index (χ0n) is 11.4. The fourth-order valence-corrected chi connectivity index (χ4v) is 2.43. The summed E-state index contributed by atoms with van der Waals surface area (Å²) in [5, 5.41) is 10.1. The van der Waals surface area contributed by atoms with Crippen molar-refractivity contribution in [3.63, 3.8) is 0 Å². The summed E-state index contributed by atoms with van der Waals surface area (Å²) >= 11 is 0. The van der Waals surface area contributed by atoms with E-state index in [-0.39, 0.29) is 17.5 Å². The van der Waals surface area contributed by atoms with Crippen molar-refractivity contribution in [3.05, 3.63) is 34.2 Å². The van der Waals surface area contributed by atoms with Crippen molar-refractivity contribution >= 4 is 11.9 Å². The highest BCUT2D eigenvalue weighted by atomic mass is 16.4. The van der Waals surface area contributed by atoms with E-state index >= 15 is 0 Å². The van der Waals surface area contributed by atoms with E-state index in [4.69, 9.17) is 5.11 Å². The van der Waals surface area contributed by atoms with E-state index in [1.54, 1.807) is 0 Å². The van der Waals surface area contributed by atoms with E-state index in [0.29, 0.717) is 0 Å². The van der Waals surface area contributed by atoms with Crippen LogP contribution in [0.4, 0.5) is 0 Å². The Bertz CT molecular complexity index is 596. The third-order valence-electron chi connectivity index (χ3n) is 3.61. The van der Waals surface area contributed by atoms with Crippen molar-refractivity contribution in [2.24, 2.45) is 0 Å². The summed E-state index contributed by atoms with van der Waals surface area (Å²) in [6.07, 6.45) is 3.07. The van der Waals surface area contributed by atoms with Gasteiger partial charge in [0, 0.05) is 13.2 Å². The molecule has 1 atom stereocenters. The summed E-state index contributed by atoms with van der Waals surface area (Å²) in [6, 6.07) is 2.40. The van der Waals surface area contributed by atoms with Crippen LogP contribution >= 0.6 is 0 Å². The smallest absolute Gasteiger partial charge is 0.341 e. The minimum atomic E-state index is -1.30. The van der Waals surface area contributed by atoms with E-state index in [1.165, 1.54) is 30.4 Å². The maximum Gasteiger partial charge on any atom is 0.341 e. The quantitative estimate of drug-likeness (QED) is 0.824. The first kappa shape index (κ1) is 14.3. The summed E-state index contributed by atoms with van der Waals surface area (Å²) in [7, 11) is 3.33. The normalized spacial score (nSPS) is 19.0. The Labute approximate surface area is 116 Å². The molecule has 1 N–H and O–H groups in total. The number of hydrogen-bond acceptors (Lipinski definition) is 4. The van der Waals surface area contributed by atoms with Crippen LogP contribution in [-0.2, 0) is 4.79 Å². The average molecular weight is 279 g/mol. The first-order chi connectivity index (χ1) is 9.43. The summed E-state index contributed by atoms with van der Waals surface area (Å²) in [6.45, 7) is 0.842. The molecule has 2 heterocycles. The molecule has 7 nitrogen and oxygen atoms in total. The lowest BCUT2D eigenvalue weighted by atomic mass is 10.2. The molecule has 1 amide bonds. The van der Waals surface area contributed by atoms with Crippen LogP contribution in [0.3, 0.4) is 0 Å². The molecule has 1 aromatic rings. The number of aromatic nitrogens is 1. The molecule has 0 bridgehead atoms. The third kappa shape index (κ3) is 2.44. The first-order valence-electron chi connectivity index (χ1n) is 6.36. The molecule has 108 valence electrons. The lowest BCUT2D eigenvalue weighted by molar-refractivity contribution is -0.123. The minimum absolute atomic E-state index is 0.213. The van der Waals surface area contributed by atoms with Gasteiger partial charge in [-0.3, -0.25) is 14.5 Å². The molecule has 7 heteroatoms. The van der Waals surface area contributed by atoms with Crippen molar-refractivity contribution in [1.29, 1.82) is 0 Å². The molecule has 1 aromatic heterocycles. The van der Waals surface area contributed by atoms with Gasteiger partial charge in [-0.2, -0.15) is 0 Å². The Kier molecular flexibility index (Phi) is 3.89. The highest BCUT2D eigenvalue weighted by Gasteiger charge is 2.31. The van der Waals surface area contributed by atoms with E-state index < -0.39 is 11.5 Å². The second-order valence-electron chi connectivity index (χ2n) is 4.88. The standard InChI is InChI=1S/C13H17N3O4/c1-14-7-4-6-10(14)12(18)15(2)16-8-3-5-9(11(16)17)13(19)20/h3,5,8,10H,4,6-7H2,1-2H3,(H,19,20)/t10-/m1/s1. The highest BCUT2D eigenvalue weighted by molar-refractivity contribution is 5.91. The van der Waals surface area contributed by atoms with E-state index in [0.717, 1.165) is 24.1 Å². The van der Waals surface area contributed by atoms with Gasteiger partial charge >= 0.3 is 5.97 Å². The predicted octanol–water partition coefficient (Wildman–Crippen LogP) is -0.265. The van der Waals surface area contributed by atoms with Gasteiger partial charge in [-0.25, -0.2) is 14.5 Å². The second-order valence-corrected chi connectivity index (χ2v) is 4.88. The molecule has 20 heavy (non-hydrogen) atoms. The maximum atomic E-state index is 12.4. The summed E-state index contributed by atoms with van der Waals surface area (Å²) in [5.74, 6) is -1.52. The zero-order valence-corrected chi connectivity index (χ0v) is 11.4. The molecule has 1 aliphatic rings. The van der Waals surface area contributed by atoms with Crippen LogP contribution in [0.25, 0.3) is 0 Å². The molecule has 0 aromatic carbocycles. The van der Waals surface area contributed by atoms with Crippen LogP contribution in [0.15, 0.2) is 23.1 Å². The van der Waals surface area contributed by atoms with E-state index in [9.17, 15) is 14.4 Å². The van der Waals surface area contributed by atoms with Crippen LogP contribution in [0.1, 0.15) is 23.2 Å². The van der Waals surface area contributed by atoms with Crippen LogP contribution in [-0.4, -0.2) is 53.2 Å². The number of carboxylic acids is 1. The Hall–Kier alpha value is -2.15. The molecule has 0 aliphatic carbocycles. The molecule has 0 unspecified atom stereocenters. The average Bonchev–Trinajstić information content (AvgIpc) is 2.83. The van der Waals surface area contributed by atoms with Gasteiger partial charge < -0.3 is 5.11 Å². The molecule has 1 fully saturated rings. The fourth-order valence-electron chi connectivity index (χ4n) is 2.43. The summed E-state index contributed by atoms with van der Waals surface area (Å²) in [5.41, 5.74) is -1.07. The van der Waals surface area contributed by atoms with Crippen molar-refractivity contribution in [2.45, 2.75) is 18.9 Å². The van der Waals surface area contributed by atoms with Crippen LogP contribution in [0.2, 0.25) is 0 Å². The minimum Gasteiger partial charge on any atom is -0.477 e. The lowest BCUT2D eigenvalue weighted by Gasteiger charge is -2.26. The number of likely N-dealkylation sites (N-methyl/N-ethyl adjacent to an activating group) is 2. The van der Waals surface area contributed by atoms with E-state index in [2.05, 4.69) is 0 Å². The summed E-state index contributed by atoms with van der Waals surface area (Å²) < 4.78 is 1.04. The first-order valence-corrected chi connectivity index (χ1v) is 6.36. The largest absolute Gasteiger partial charge is 0.477 e. The van der Waals surface area contributed by atoms with Gasteiger partial charge in [0.25, 0.3) is 11.5 Å². The number of nitrogens with zero attached hydrogens (tertiary/aromatic N) is 3. The van der Waals surface area contributed by atoms with Gasteiger partial charge in [0.15, 0.2) is 0 Å². The lowest BCUT2D eigenvalue weighted by Crippen LogP contribution is -2.51. The number of pyridine rings is 1. The SMILES string of the molecule is CN1CCC[C@@H]1C(=O)N(C)n1cccc(C(=O)O)c1=O. The van der Waals surface area contributed by atoms with Crippen molar-refractivity contribution in [2.75, 3.05) is 25.6 Å². The maximum absolute atomic E-state index is 12.4. The van der Waals surface area contributed by atoms with Crippen molar-refractivity contribution < 1.29 is 14.7 Å². The molecule has 1 aliphatic heterocycles. The Morgan fingerprint density at radius 2 is 2.15 bits per heavy atom. The molecule has 0 saturated carbocycles. The van der Waals surface area contributed by atoms with Crippen molar-refractivity contribution in [3.8, 4) is 0 Å².